The highest BCUT2D eigenvalue weighted by Crippen LogP contribution is 2.32. The summed E-state index contributed by atoms with van der Waals surface area (Å²) < 4.78 is 28.6. The maximum absolute atomic E-state index is 13.0. The predicted molar refractivity (Wildman–Crippen MR) is 110 cm³/mol. The zero-order chi connectivity index (χ0) is 19.7. The Kier molecular flexibility index (Phi) is 5.08. The van der Waals surface area contributed by atoms with Crippen LogP contribution in [0.15, 0.2) is 47.4 Å². The van der Waals surface area contributed by atoms with E-state index >= 15 is 0 Å². The molecule has 5 nitrogen and oxygen atoms in total. The van der Waals surface area contributed by atoms with Crippen molar-refractivity contribution in [1.29, 1.82) is 0 Å². The second-order valence-corrected chi connectivity index (χ2v) is 8.98. The van der Waals surface area contributed by atoms with Crippen LogP contribution in [0.5, 0.6) is 0 Å². The third-order valence-corrected chi connectivity index (χ3v) is 6.93. The van der Waals surface area contributed by atoms with Gasteiger partial charge in [0.25, 0.3) is 0 Å². The number of rotatable bonds is 6. The lowest BCUT2D eigenvalue weighted by atomic mass is 9.94. The summed E-state index contributed by atoms with van der Waals surface area (Å²) in [5, 5.41) is 0.847. The molecule has 1 aromatic heterocycles. The molecule has 2 aromatic carbocycles. The molecule has 0 amide bonds. The standard InChI is InChI=1S/C22H24N2O3S/c1-2-16-13-17-19(24-18-9-6-10-20(25)22(17)18)14-21(16)28(26,27)23-12-11-15-7-4-3-5-8-15/h3-5,7-8,13-14,23-24H,2,6,9-12H2,1H3. The normalized spacial score (nSPS) is 14.4. The first-order chi connectivity index (χ1) is 13.5. The number of aromatic amines is 1. The van der Waals surface area contributed by atoms with Crippen LogP contribution >= 0.6 is 0 Å². The summed E-state index contributed by atoms with van der Waals surface area (Å²) in [5.74, 6) is 0.145. The smallest absolute Gasteiger partial charge is 0.240 e. The number of hydrogen-bond acceptors (Lipinski definition) is 3. The highest BCUT2D eigenvalue weighted by Gasteiger charge is 2.25. The molecule has 1 aliphatic carbocycles. The van der Waals surface area contributed by atoms with E-state index in [4.69, 9.17) is 0 Å². The van der Waals surface area contributed by atoms with Gasteiger partial charge < -0.3 is 4.98 Å². The van der Waals surface area contributed by atoms with Gasteiger partial charge in [-0.1, -0.05) is 37.3 Å². The third kappa shape index (κ3) is 3.50. The van der Waals surface area contributed by atoms with Gasteiger partial charge >= 0.3 is 0 Å². The lowest BCUT2D eigenvalue weighted by Gasteiger charge is -2.12. The molecular formula is C22H24N2O3S. The van der Waals surface area contributed by atoms with Crippen molar-refractivity contribution in [2.45, 2.75) is 43.9 Å². The van der Waals surface area contributed by atoms with Gasteiger partial charge in [0, 0.05) is 35.1 Å². The molecule has 0 saturated heterocycles. The van der Waals surface area contributed by atoms with E-state index in [1.54, 1.807) is 6.07 Å². The zero-order valence-corrected chi connectivity index (χ0v) is 16.7. The van der Waals surface area contributed by atoms with E-state index < -0.39 is 10.0 Å². The van der Waals surface area contributed by atoms with Crippen molar-refractivity contribution >= 4 is 26.7 Å². The minimum atomic E-state index is -3.63. The summed E-state index contributed by atoms with van der Waals surface area (Å²) in [6.07, 6.45) is 3.44. The minimum absolute atomic E-state index is 0.145. The summed E-state index contributed by atoms with van der Waals surface area (Å²) in [6, 6.07) is 13.4. The number of fused-ring (bicyclic) bond motifs is 3. The van der Waals surface area contributed by atoms with Crippen molar-refractivity contribution in [2.75, 3.05) is 6.54 Å². The first-order valence-electron chi connectivity index (χ1n) is 9.74. The number of hydrogen-bond donors (Lipinski definition) is 2. The van der Waals surface area contributed by atoms with Crippen LogP contribution in [0.2, 0.25) is 0 Å². The molecule has 1 aliphatic rings. The quantitative estimate of drug-likeness (QED) is 0.666. The molecule has 0 bridgehead atoms. The molecule has 1 heterocycles. The van der Waals surface area contributed by atoms with Gasteiger partial charge in [0.05, 0.1) is 4.90 Å². The number of sulfonamides is 1. The Balaban J connectivity index is 1.66. The number of aromatic nitrogens is 1. The van der Waals surface area contributed by atoms with Gasteiger partial charge in [-0.05, 0) is 48.9 Å². The van der Waals surface area contributed by atoms with Crippen LogP contribution in [0.3, 0.4) is 0 Å². The Hall–Kier alpha value is -2.44. The maximum atomic E-state index is 13.0. The summed E-state index contributed by atoms with van der Waals surface area (Å²) >= 11 is 0. The molecule has 4 rings (SSSR count). The maximum Gasteiger partial charge on any atom is 0.240 e. The van der Waals surface area contributed by atoms with E-state index in [1.165, 1.54) is 0 Å². The van der Waals surface area contributed by atoms with Crippen LogP contribution in [0, 0.1) is 0 Å². The minimum Gasteiger partial charge on any atom is -0.358 e. The van der Waals surface area contributed by atoms with Crippen LogP contribution < -0.4 is 4.72 Å². The number of aryl methyl sites for hydroxylation is 2. The average Bonchev–Trinajstić information content (AvgIpc) is 3.06. The number of carbonyl (C=O) groups is 1. The van der Waals surface area contributed by atoms with Crippen LogP contribution in [-0.4, -0.2) is 25.7 Å². The summed E-state index contributed by atoms with van der Waals surface area (Å²) in [6.45, 7) is 2.28. The Bertz CT molecular complexity index is 1130. The lowest BCUT2D eigenvalue weighted by molar-refractivity contribution is 0.0974. The monoisotopic (exact) mass is 396 g/mol. The van der Waals surface area contributed by atoms with Gasteiger partial charge in [0.15, 0.2) is 5.78 Å². The molecule has 0 aliphatic heterocycles. The lowest BCUT2D eigenvalue weighted by Crippen LogP contribution is -2.27. The van der Waals surface area contributed by atoms with Crippen molar-refractivity contribution < 1.29 is 13.2 Å². The number of Topliss-reactive ketones (excluding diaryl/α,β-unsaturated/α-hetero) is 1. The van der Waals surface area contributed by atoms with Gasteiger partial charge in [-0.15, -0.1) is 0 Å². The van der Waals surface area contributed by atoms with Crippen LogP contribution in [-0.2, 0) is 29.3 Å². The van der Waals surface area contributed by atoms with Gasteiger partial charge in [0.2, 0.25) is 10.0 Å². The van der Waals surface area contributed by atoms with Crippen LogP contribution in [0.1, 0.15) is 46.9 Å². The largest absolute Gasteiger partial charge is 0.358 e. The zero-order valence-electron chi connectivity index (χ0n) is 15.9. The summed E-state index contributed by atoms with van der Waals surface area (Å²) in [4.78, 5) is 15.9. The number of carbonyl (C=O) groups excluding carboxylic acids is 1. The predicted octanol–water partition coefficient (Wildman–Crippen LogP) is 3.77. The van der Waals surface area contributed by atoms with E-state index in [2.05, 4.69) is 9.71 Å². The average molecular weight is 397 g/mol. The Morgan fingerprint density at radius 3 is 2.64 bits per heavy atom. The van der Waals surface area contributed by atoms with Gasteiger partial charge in [-0.3, -0.25) is 4.79 Å². The summed E-state index contributed by atoms with van der Waals surface area (Å²) in [5.41, 5.74) is 4.23. The fourth-order valence-electron chi connectivity index (χ4n) is 3.96. The molecule has 6 heteroatoms. The Labute approximate surface area is 165 Å². The van der Waals surface area contributed by atoms with E-state index in [1.807, 2.05) is 43.3 Å². The van der Waals surface area contributed by atoms with Gasteiger partial charge in [0.1, 0.15) is 0 Å². The molecule has 3 aromatic rings. The number of H-pyrrole nitrogens is 1. The first kappa shape index (κ1) is 18.9. The molecule has 0 fully saturated rings. The molecule has 146 valence electrons. The van der Waals surface area contributed by atoms with Crippen LogP contribution in [0.25, 0.3) is 10.9 Å². The molecule has 2 N–H and O–H groups in total. The Morgan fingerprint density at radius 2 is 1.89 bits per heavy atom. The van der Waals surface area contributed by atoms with E-state index in [-0.39, 0.29) is 5.78 Å². The highest BCUT2D eigenvalue weighted by molar-refractivity contribution is 7.89. The van der Waals surface area contributed by atoms with Gasteiger partial charge in [-0.25, -0.2) is 13.1 Å². The molecule has 0 unspecified atom stereocenters. The third-order valence-electron chi connectivity index (χ3n) is 5.39. The van der Waals surface area contributed by atoms with Crippen molar-refractivity contribution in [3.8, 4) is 0 Å². The Morgan fingerprint density at radius 1 is 1.11 bits per heavy atom. The molecule has 0 radical (unpaired) electrons. The molecule has 0 spiro atoms. The second-order valence-electron chi connectivity index (χ2n) is 7.25. The fourth-order valence-corrected chi connectivity index (χ4v) is 5.31. The van der Waals surface area contributed by atoms with Crippen LogP contribution in [0.4, 0.5) is 0 Å². The van der Waals surface area contributed by atoms with Crippen molar-refractivity contribution in [1.82, 2.24) is 9.71 Å². The van der Waals surface area contributed by atoms with E-state index in [9.17, 15) is 13.2 Å². The van der Waals surface area contributed by atoms with Gasteiger partial charge in [-0.2, -0.15) is 0 Å². The first-order valence-corrected chi connectivity index (χ1v) is 11.2. The number of ketones is 1. The fraction of sp³-hybridized carbons (Fsp3) is 0.318. The molecule has 0 atom stereocenters. The van der Waals surface area contributed by atoms with Crippen molar-refractivity contribution in [3.63, 3.8) is 0 Å². The highest BCUT2D eigenvalue weighted by atomic mass is 32.2. The number of nitrogens with one attached hydrogen (secondary N) is 2. The summed E-state index contributed by atoms with van der Waals surface area (Å²) in [7, 11) is -3.63. The molecule has 0 saturated carbocycles. The van der Waals surface area contributed by atoms with E-state index in [0.29, 0.717) is 30.7 Å². The van der Waals surface area contributed by atoms with Crippen molar-refractivity contribution in [2.24, 2.45) is 0 Å². The number of benzene rings is 2. The molecule has 28 heavy (non-hydrogen) atoms. The molecular weight excluding hydrogens is 372 g/mol. The second kappa shape index (κ2) is 7.53. The SMILES string of the molecule is CCc1cc2c3c([nH]c2cc1S(=O)(=O)NCCc1ccccc1)CCCC3=O. The topological polar surface area (TPSA) is 79.0 Å². The van der Waals surface area contributed by atoms with E-state index in [0.717, 1.165) is 46.1 Å². The van der Waals surface area contributed by atoms with Crippen molar-refractivity contribution in [3.05, 3.63) is 64.8 Å².